The standard InChI is InChI=1S/C4H8O2.ClH.H2O/c1-3(2)4(5)6;;/h3H,1-2H3,(H,5,6);1H;1H2. The first-order valence-corrected chi connectivity index (χ1v) is 1.87. The van der Waals surface area contributed by atoms with Crippen molar-refractivity contribution in [3.05, 3.63) is 0 Å². The fourth-order valence-corrected chi connectivity index (χ4v) is 0. The molecule has 0 aliphatic heterocycles. The van der Waals surface area contributed by atoms with Crippen LogP contribution in [-0.2, 0) is 4.79 Å². The molecule has 0 radical (unpaired) electrons. The fraction of sp³-hybridized carbons (Fsp3) is 0.750. The molecule has 0 spiro atoms. The van der Waals surface area contributed by atoms with Gasteiger partial charge in [0.1, 0.15) is 0 Å². The molecular formula is C4H11ClO3. The summed E-state index contributed by atoms with van der Waals surface area (Å²) in [6, 6.07) is 0. The van der Waals surface area contributed by atoms with Gasteiger partial charge in [-0.3, -0.25) is 4.79 Å². The van der Waals surface area contributed by atoms with Gasteiger partial charge < -0.3 is 10.6 Å². The molecule has 0 amide bonds. The molecule has 0 aromatic carbocycles. The number of carboxylic acids is 1. The van der Waals surface area contributed by atoms with Crippen LogP contribution >= 0.6 is 12.4 Å². The summed E-state index contributed by atoms with van der Waals surface area (Å²) in [6.07, 6.45) is 0. The number of hydrogen-bond donors (Lipinski definition) is 1. The monoisotopic (exact) mass is 142 g/mol. The van der Waals surface area contributed by atoms with Gasteiger partial charge in [0.15, 0.2) is 0 Å². The van der Waals surface area contributed by atoms with Crippen LogP contribution in [0.5, 0.6) is 0 Å². The van der Waals surface area contributed by atoms with E-state index in [0.717, 1.165) is 0 Å². The molecule has 0 atom stereocenters. The lowest BCUT2D eigenvalue weighted by atomic mass is 10.2. The van der Waals surface area contributed by atoms with Crippen molar-refractivity contribution in [1.29, 1.82) is 0 Å². The minimum Gasteiger partial charge on any atom is -0.481 e. The number of aliphatic carboxylic acids is 1. The highest BCUT2D eigenvalue weighted by atomic mass is 35.5. The minimum absolute atomic E-state index is 0. The Bertz CT molecular complexity index is 62.3. The van der Waals surface area contributed by atoms with Crippen LogP contribution in [0.3, 0.4) is 0 Å². The average molecular weight is 143 g/mol. The van der Waals surface area contributed by atoms with Crippen molar-refractivity contribution in [2.75, 3.05) is 0 Å². The Hall–Kier alpha value is -0.280. The second-order valence-electron chi connectivity index (χ2n) is 1.49. The van der Waals surface area contributed by atoms with Gasteiger partial charge in [-0.1, -0.05) is 13.8 Å². The summed E-state index contributed by atoms with van der Waals surface area (Å²) in [4.78, 5) is 9.70. The average Bonchev–Trinajstić information content (AvgIpc) is 1.36. The van der Waals surface area contributed by atoms with Gasteiger partial charge in [0.05, 0.1) is 5.92 Å². The van der Waals surface area contributed by atoms with Gasteiger partial charge in [0.25, 0.3) is 0 Å². The van der Waals surface area contributed by atoms with Crippen molar-refractivity contribution in [2.24, 2.45) is 5.92 Å². The third-order valence-corrected chi connectivity index (χ3v) is 0.494. The molecule has 3 nitrogen and oxygen atoms in total. The first-order valence-electron chi connectivity index (χ1n) is 1.87. The highest BCUT2D eigenvalue weighted by molar-refractivity contribution is 5.85. The predicted octanol–water partition coefficient (Wildman–Crippen LogP) is 0.324. The number of halogens is 1. The van der Waals surface area contributed by atoms with Crippen LogP contribution in [0.25, 0.3) is 0 Å². The number of hydrogen-bond acceptors (Lipinski definition) is 1. The van der Waals surface area contributed by atoms with Crippen molar-refractivity contribution in [3.63, 3.8) is 0 Å². The van der Waals surface area contributed by atoms with Crippen LogP contribution in [0.15, 0.2) is 0 Å². The van der Waals surface area contributed by atoms with Gasteiger partial charge in [-0.15, -0.1) is 12.4 Å². The van der Waals surface area contributed by atoms with Gasteiger partial charge >= 0.3 is 5.97 Å². The molecule has 0 saturated carbocycles. The van der Waals surface area contributed by atoms with E-state index < -0.39 is 5.97 Å². The molecule has 0 aliphatic carbocycles. The maximum absolute atomic E-state index is 9.70. The van der Waals surface area contributed by atoms with Crippen LogP contribution in [0.1, 0.15) is 13.8 Å². The fourth-order valence-electron chi connectivity index (χ4n) is 0. The van der Waals surface area contributed by atoms with Crippen LogP contribution in [0, 0.1) is 5.92 Å². The molecule has 0 fully saturated rings. The van der Waals surface area contributed by atoms with E-state index in [2.05, 4.69) is 0 Å². The van der Waals surface area contributed by atoms with E-state index in [9.17, 15) is 4.79 Å². The van der Waals surface area contributed by atoms with Crippen LogP contribution in [-0.4, -0.2) is 16.6 Å². The molecule has 0 aromatic rings. The Morgan fingerprint density at radius 3 is 1.62 bits per heavy atom. The Morgan fingerprint density at radius 2 is 1.62 bits per heavy atom. The molecule has 0 aromatic heterocycles. The van der Waals surface area contributed by atoms with Crippen LogP contribution < -0.4 is 0 Å². The third-order valence-electron chi connectivity index (χ3n) is 0.494. The summed E-state index contributed by atoms with van der Waals surface area (Å²) in [5.74, 6) is -0.972. The van der Waals surface area contributed by atoms with Gasteiger partial charge in [-0.2, -0.15) is 0 Å². The Labute approximate surface area is 54.4 Å². The summed E-state index contributed by atoms with van der Waals surface area (Å²) in [5, 5.41) is 7.99. The van der Waals surface area contributed by atoms with E-state index in [4.69, 9.17) is 5.11 Å². The second kappa shape index (κ2) is 6.72. The molecule has 0 aliphatic rings. The van der Waals surface area contributed by atoms with Crippen molar-refractivity contribution < 1.29 is 15.4 Å². The molecule has 0 rings (SSSR count). The smallest absolute Gasteiger partial charge is 0.305 e. The van der Waals surface area contributed by atoms with E-state index in [-0.39, 0.29) is 23.8 Å². The van der Waals surface area contributed by atoms with E-state index in [0.29, 0.717) is 0 Å². The van der Waals surface area contributed by atoms with Gasteiger partial charge in [-0.05, 0) is 0 Å². The minimum atomic E-state index is -0.741. The SMILES string of the molecule is CC(C)C(=O)O.Cl.O. The van der Waals surface area contributed by atoms with Crippen molar-refractivity contribution in [1.82, 2.24) is 0 Å². The van der Waals surface area contributed by atoms with Gasteiger partial charge in [0.2, 0.25) is 0 Å². The lowest BCUT2D eigenvalue weighted by molar-refractivity contribution is -0.140. The Balaban J connectivity index is -0.000000125. The number of carbonyl (C=O) groups is 1. The molecule has 0 heterocycles. The Morgan fingerprint density at radius 1 is 1.50 bits per heavy atom. The third kappa shape index (κ3) is 9.21. The molecule has 4 heteroatoms. The summed E-state index contributed by atoms with van der Waals surface area (Å²) in [6.45, 7) is 3.28. The van der Waals surface area contributed by atoms with E-state index >= 15 is 0 Å². The lowest BCUT2D eigenvalue weighted by Gasteiger charge is -1.89. The normalized spacial score (nSPS) is 6.88. The van der Waals surface area contributed by atoms with Crippen molar-refractivity contribution in [3.8, 4) is 0 Å². The first-order chi connectivity index (χ1) is 2.64. The summed E-state index contributed by atoms with van der Waals surface area (Å²) in [7, 11) is 0. The van der Waals surface area contributed by atoms with E-state index in [1.54, 1.807) is 13.8 Å². The van der Waals surface area contributed by atoms with Crippen LogP contribution in [0.2, 0.25) is 0 Å². The highest BCUT2D eigenvalue weighted by Crippen LogP contribution is 1.87. The zero-order chi connectivity index (χ0) is 5.15. The molecular weight excluding hydrogens is 131 g/mol. The first kappa shape index (κ1) is 15.6. The highest BCUT2D eigenvalue weighted by Gasteiger charge is 1.99. The van der Waals surface area contributed by atoms with Crippen LogP contribution in [0.4, 0.5) is 0 Å². The van der Waals surface area contributed by atoms with E-state index in [1.807, 2.05) is 0 Å². The predicted molar refractivity (Wildman–Crippen MR) is 33.3 cm³/mol. The molecule has 0 saturated heterocycles. The zero-order valence-corrected chi connectivity index (χ0v) is 5.66. The maximum Gasteiger partial charge on any atom is 0.305 e. The zero-order valence-electron chi connectivity index (χ0n) is 4.84. The lowest BCUT2D eigenvalue weighted by Crippen LogP contribution is -2.03. The Kier molecular flexibility index (Phi) is 13.1. The largest absolute Gasteiger partial charge is 0.481 e. The van der Waals surface area contributed by atoms with Gasteiger partial charge in [-0.25, -0.2) is 0 Å². The molecule has 3 N–H and O–H groups in total. The summed E-state index contributed by atoms with van der Waals surface area (Å²) >= 11 is 0. The van der Waals surface area contributed by atoms with Gasteiger partial charge in [0, 0.05) is 0 Å². The number of carboxylic acid groups (broad SMARTS) is 1. The topological polar surface area (TPSA) is 68.8 Å². The molecule has 8 heavy (non-hydrogen) atoms. The number of rotatable bonds is 1. The molecule has 0 unspecified atom stereocenters. The maximum atomic E-state index is 9.70. The summed E-state index contributed by atoms with van der Waals surface area (Å²) in [5.41, 5.74) is 0. The van der Waals surface area contributed by atoms with Crippen molar-refractivity contribution >= 4 is 18.4 Å². The summed E-state index contributed by atoms with van der Waals surface area (Å²) < 4.78 is 0. The molecule has 52 valence electrons. The second-order valence-corrected chi connectivity index (χ2v) is 1.49. The quantitative estimate of drug-likeness (QED) is 0.573. The molecule has 0 bridgehead atoms. The van der Waals surface area contributed by atoms with Crippen molar-refractivity contribution in [2.45, 2.75) is 13.8 Å². The van der Waals surface area contributed by atoms with E-state index in [1.165, 1.54) is 0 Å².